The van der Waals surface area contributed by atoms with E-state index in [0.29, 0.717) is 22.8 Å². The third-order valence-electron chi connectivity index (χ3n) is 12.0. The molecule has 0 spiro atoms. The Hall–Kier alpha value is -4.64. The van der Waals surface area contributed by atoms with E-state index in [-0.39, 0.29) is 0 Å². The first-order valence-corrected chi connectivity index (χ1v) is 25.5. The quantitative estimate of drug-likeness (QED) is 0.178. The summed E-state index contributed by atoms with van der Waals surface area (Å²) in [6, 6.07) is 40.8. The molecule has 8 heteroatoms. The number of hydrogen-bond acceptors (Lipinski definition) is 5. The monoisotopic (exact) mass is 721 g/mol. The average molecular weight is 722 g/mol. The number of benzene rings is 5. The number of rotatable bonds is 3. The Morgan fingerprint density at radius 2 is 1.08 bits per heavy atom. The number of allylic oxidation sites excluding steroid dienone is 1. The van der Waals surface area contributed by atoms with E-state index in [1.165, 1.54) is 20.7 Å². The van der Waals surface area contributed by atoms with Crippen LogP contribution in [0.3, 0.4) is 0 Å². The number of para-hydroxylation sites is 4. The summed E-state index contributed by atoms with van der Waals surface area (Å²) in [6.45, 7) is 14.5. The van der Waals surface area contributed by atoms with Gasteiger partial charge in [0.25, 0.3) is 0 Å². The predicted octanol–water partition coefficient (Wildman–Crippen LogP) is 7.81. The number of anilines is 6. The van der Waals surface area contributed by atoms with Crippen LogP contribution >= 0.6 is 0 Å². The van der Waals surface area contributed by atoms with Crippen LogP contribution < -0.4 is 35.4 Å². The van der Waals surface area contributed by atoms with Crippen LogP contribution in [0.1, 0.15) is 20.3 Å². The summed E-state index contributed by atoms with van der Waals surface area (Å²) in [5.74, 6) is 0. The van der Waals surface area contributed by atoms with E-state index in [1.807, 2.05) is 18.2 Å². The van der Waals surface area contributed by atoms with Gasteiger partial charge in [-0.1, -0.05) is 105 Å². The largest absolute Gasteiger partial charge is 0.360 e. The first-order valence-electron chi connectivity index (χ1n) is 18.0. The maximum absolute atomic E-state index is 15.2. The minimum atomic E-state index is -3.89. The predicted molar refractivity (Wildman–Crippen MR) is 219 cm³/mol. The molecule has 1 atom stereocenters. The van der Waals surface area contributed by atoms with Crippen LogP contribution in [0.4, 0.5) is 34.1 Å². The average Bonchev–Trinajstić information content (AvgIpc) is 3.13. The van der Waals surface area contributed by atoms with Crippen LogP contribution in [0.5, 0.6) is 0 Å². The zero-order valence-corrected chi connectivity index (χ0v) is 32.9. The van der Waals surface area contributed by atoms with Crippen LogP contribution in [0.25, 0.3) is 0 Å². The summed E-state index contributed by atoms with van der Waals surface area (Å²) in [7, 11) is -7.85. The maximum Gasteiger partial charge on any atom is 0.207 e. The molecule has 1 aliphatic carbocycles. The van der Waals surface area contributed by atoms with Gasteiger partial charge in [0.15, 0.2) is 0 Å². The lowest BCUT2D eigenvalue weighted by Crippen LogP contribution is -2.59. The van der Waals surface area contributed by atoms with Crippen LogP contribution in [0.2, 0.25) is 26.2 Å². The Labute approximate surface area is 304 Å². The number of fused-ring (bicyclic) bond motifs is 6. The number of likely N-dealkylation sites (N-methyl/N-ethyl adjacent to an activating group) is 1. The van der Waals surface area contributed by atoms with Crippen molar-refractivity contribution in [1.82, 2.24) is 0 Å². The molecule has 0 saturated carbocycles. The molecule has 256 valence electrons. The third-order valence-corrected chi connectivity index (χ3v) is 21.2. The second-order valence-corrected chi connectivity index (χ2v) is 26.0. The molecule has 5 aromatic rings. The zero-order chi connectivity index (χ0) is 35.5. The summed E-state index contributed by atoms with van der Waals surface area (Å²) in [6.07, 6.45) is 4.81. The highest BCUT2D eigenvalue weighted by Crippen LogP contribution is 2.52. The highest BCUT2D eigenvalue weighted by atomic mass is 32.2. The first-order chi connectivity index (χ1) is 24.4. The van der Waals surface area contributed by atoms with Crippen molar-refractivity contribution >= 4 is 80.9 Å². The Morgan fingerprint density at radius 3 is 1.55 bits per heavy atom. The van der Waals surface area contributed by atoms with Crippen molar-refractivity contribution in [3.05, 3.63) is 138 Å². The van der Waals surface area contributed by atoms with Gasteiger partial charge in [0, 0.05) is 40.7 Å². The van der Waals surface area contributed by atoms with E-state index in [1.54, 1.807) is 0 Å². The zero-order valence-electron chi connectivity index (χ0n) is 30.1. The van der Waals surface area contributed by atoms with Crippen molar-refractivity contribution in [3.8, 4) is 0 Å². The van der Waals surface area contributed by atoms with E-state index >= 15 is 8.42 Å². The van der Waals surface area contributed by atoms with Gasteiger partial charge in [-0.3, -0.25) is 0 Å². The molecule has 5 nitrogen and oxygen atoms in total. The van der Waals surface area contributed by atoms with Gasteiger partial charge in [0.2, 0.25) is 9.84 Å². The van der Waals surface area contributed by atoms with Crippen LogP contribution in [0, 0.1) is 0 Å². The standard InChI is InChI=1S/C43H43N3O2SSi2/c1-7-44-32-25-24-30(45-33-16-8-12-20-38(33)50(3,4)39-21-13-9-17-34(39)45)28-37(32)49(47,48)42-29-31(26-27-43(42,44)2)46-35-18-10-14-22-40(35)51(5,6)41-23-15-11-19-36(41)46/h8-26,28-29H,7,27H2,1-6H3. The van der Waals surface area contributed by atoms with Gasteiger partial charge in [-0.15, -0.1) is 0 Å². The molecule has 0 radical (unpaired) electrons. The van der Waals surface area contributed by atoms with Gasteiger partial charge in [-0.2, -0.15) is 0 Å². The number of sulfone groups is 1. The minimum Gasteiger partial charge on any atom is -0.360 e. The van der Waals surface area contributed by atoms with Crippen molar-refractivity contribution in [2.75, 3.05) is 21.2 Å². The molecule has 3 aliphatic heterocycles. The molecule has 51 heavy (non-hydrogen) atoms. The molecule has 3 heterocycles. The highest BCUT2D eigenvalue weighted by Gasteiger charge is 2.50. The van der Waals surface area contributed by atoms with Crippen LogP contribution in [-0.2, 0) is 9.84 Å². The van der Waals surface area contributed by atoms with E-state index < -0.39 is 31.5 Å². The van der Waals surface area contributed by atoms with Crippen molar-refractivity contribution in [3.63, 3.8) is 0 Å². The Bertz CT molecular complexity index is 2370. The van der Waals surface area contributed by atoms with Crippen LogP contribution in [0.15, 0.2) is 143 Å². The lowest BCUT2D eigenvalue weighted by atomic mass is 9.88. The Kier molecular flexibility index (Phi) is 6.92. The molecule has 9 rings (SSSR count). The lowest BCUT2D eigenvalue weighted by Gasteiger charge is -2.50. The summed E-state index contributed by atoms with van der Waals surface area (Å²) in [5, 5.41) is 5.43. The fraction of sp³-hybridized carbons (Fsp3) is 0.209. The Morgan fingerprint density at radius 1 is 0.627 bits per heavy atom. The second-order valence-electron chi connectivity index (χ2n) is 15.5. The molecule has 0 N–H and O–H groups in total. The van der Waals surface area contributed by atoms with E-state index in [2.05, 4.69) is 164 Å². The van der Waals surface area contributed by atoms with E-state index in [9.17, 15) is 0 Å². The second kappa shape index (κ2) is 10.9. The van der Waals surface area contributed by atoms with Gasteiger partial charge < -0.3 is 14.7 Å². The van der Waals surface area contributed by atoms with Gasteiger partial charge in [0.1, 0.15) is 16.1 Å². The molecule has 0 aromatic heterocycles. The number of hydrogen-bond donors (Lipinski definition) is 0. The fourth-order valence-corrected chi connectivity index (χ4v) is 17.4. The van der Waals surface area contributed by atoms with Crippen molar-refractivity contribution in [2.45, 2.75) is 56.9 Å². The maximum atomic E-state index is 15.2. The summed E-state index contributed by atoms with van der Waals surface area (Å²) in [4.78, 5) is 7.71. The van der Waals surface area contributed by atoms with Gasteiger partial charge in [0.05, 0.1) is 21.0 Å². The molecule has 0 saturated heterocycles. The summed E-state index contributed by atoms with van der Waals surface area (Å²) in [5.41, 5.74) is 6.40. The fourth-order valence-electron chi connectivity index (χ4n) is 9.40. The molecule has 5 aromatic carbocycles. The van der Waals surface area contributed by atoms with Gasteiger partial charge in [-0.25, -0.2) is 8.42 Å². The molecule has 4 aliphatic rings. The molecule has 1 unspecified atom stereocenters. The van der Waals surface area contributed by atoms with Crippen molar-refractivity contribution < 1.29 is 8.42 Å². The Balaban J connectivity index is 1.22. The number of nitrogens with zero attached hydrogens (tertiary/aromatic N) is 3. The summed E-state index contributed by atoms with van der Waals surface area (Å²) < 4.78 is 30.4. The minimum absolute atomic E-state index is 0.372. The van der Waals surface area contributed by atoms with Crippen molar-refractivity contribution in [1.29, 1.82) is 0 Å². The molecule has 0 bridgehead atoms. The van der Waals surface area contributed by atoms with Gasteiger partial charge >= 0.3 is 0 Å². The SMILES string of the molecule is CCN1c2ccc(N3c4ccccc4[Si](C)(C)c4ccccc43)cc2S(=O)(=O)C2=CC(N3c4ccccc4[Si](C)(C)c4ccccc43)=CCC21C. The lowest BCUT2D eigenvalue weighted by molar-refractivity contribution is 0.487. The third kappa shape index (κ3) is 4.33. The first kappa shape index (κ1) is 32.3. The normalized spacial score (nSPS) is 21.6. The smallest absolute Gasteiger partial charge is 0.207 e. The van der Waals surface area contributed by atoms with E-state index in [0.717, 1.165) is 39.8 Å². The van der Waals surface area contributed by atoms with Gasteiger partial charge in [-0.05, 0) is 89.6 Å². The summed E-state index contributed by atoms with van der Waals surface area (Å²) >= 11 is 0. The van der Waals surface area contributed by atoms with Crippen molar-refractivity contribution in [2.24, 2.45) is 0 Å². The molecular weight excluding hydrogens is 679 g/mol. The molecule has 0 fully saturated rings. The molecular formula is C43H43N3O2SSi2. The topological polar surface area (TPSA) is 43.9 Å². The van der Waals surface area contributed by atoms with Crippen LogP contribution in [-0.4, -0.2) is 36.6 Å². The van der Waals surface area contributed by atoms with E-state index in [4.69, 9.17) is 0 Å². The molecule has 0 amide bonds. The highest BCUT2D eigenvalue weighted by molar-refractivity contribution is 7.95.